The Morgan fingerprint density at radius 1 is 1.43 bits per heavy atom. The molecule has 7 nitrogen and oxygen atoms in total. The van der Waals surface area contributed by atoms with Crippen LogP contribution < -0.4 is 14.7 Å². The fourth-order valence-corrected chi connectivity index (χ4v) is 3.28. The van der Waals surface area contributed by atoms with Gasteiger partial charge in [0.05, 0.1) is 21.4 Å². The Hall–Kier alpha value is -2.06. The molecule has 1 N–H and O–H groups in total. The maximum Gasteiger partial charge on any atom is 0.370 e. The van der Waals surface area contributed by atoms with Crippen molar-refractivity contribution >= 4 is 22.8 Å². The third-order valence-corrected chi connectivity index (χ3v) is 4.65. The molecule has 0 unspecified atom stereocenters. The molecule has 108 valence electrons. The molecule has 0 bridgehead atoms. The monoisotopic (exact) mass is 302 g/mol. The lowest BCUT2D eigenvalue weighted by Gasteiger charge is -2.38. The SMILES string of the molecule is CNC1CN(c2ncc(-c3cccs3)[n+]3nn(C)nc23)C1. The summed E-state index contributed by atoms with van der Waals surface area (Å²) in [5.41, 5.74) is 1.78. The Morgan fingerprint density at radius 3 is 3.00 bits per heavy atom. The van der Waals surface area contributed by atoms with E-state index >= 15 is 0 Å². The molecule has 3 aromatic heterocycles. The first kappa shape index (κ1) is 12.7. The van der Waals surface area contributed by atoms with Gasteiger partial charge in [0, 0.05) is 19.1 Å². The summed E-state index contributed by atoms with van der Waals surface area (Å²) in [4.78, 5) is 9.59. The molecule has 0 spiro atoms. The van der Waals surface area contributed by atoms with Gasteiger partial charge in [0.1, 0.15) is 7.05 Å². The van der Waals surface area contributed by atoms with Gasteiger partial charge < -0.3 is 10.2 Å². The number of aromatic nitrogens is 5. The molecule has 1 aliphatic heterocycles. The van der Waals surface area contributed by atoms with E-state index in [1.54, 1.807) is 16.1 Å². The van der Waals surface area contributed by atoms with Crippen LogP contribution in [0.3, 0.4) is 0 Å². The first-order valence-electron chi connectivity index (χ1n) is 6.84. The molecule has 4 heterocycles. The topological polar surface area (TPSA) is 63.0 Å². The number of fused-ring (bicyclic) bond motifs is 1. The van der Waals surface area contributed by atoms with E-state index in [4.69, 9.17) is 0 Å². The second kappa shape index (κ2) is 4.74. The molecule has 0 radical (unpaired) electrons. The van der Waals surface area contributed by atoms with Crippen LogP contribution in [0.4, 0.5) is 5.82 Å². The van der Waals surface area contributed by atoms with Crippen LogP contribution in [0.25, 0.3) is 16.2 Å². The largest absolute Gasteiger partial charge is 0.370 e. The Kier molecular flexibility index (Phi) is 2.86. The maximum absolute atomic E-state index is 4.64. The summed E-state index contributed by atoms with van der Waals surface area (Å²) < 4.78 is 1.88. The van der Waals surface area contributed by atoms with E-state index in [0.29, 0.717) is 6.04 Å². The quantitative estimate of drug-likeness (QED) is 0.695. The molecule has 1 saturated heterocycles. The highest BCUT2D eigenvalue weighted by Crippen LogP contribution is 2.25. The summed E-state index contributed by atoms with van der Waals surface area (Å²) in [6.07, 6.45) is 1.88. The van der Waals surface area contributed by atoms with Gasteiger partial charge in [0.25, 0.3) is 0 Å². The number of aryl methyl sites for hydroxylation is 1. The Morgan fingerprint density at radius 2 is 2.29 bits per heavy atom. The normalized spacial score (nSPS) is 15.6. The average molecular weight is 302 g/mol. The zero-order valence-corrected chi connectivity index (χ0v) is 12.7. The van der Waals surface area contributed by atoms with Gasteiger partial charge in [-0.15, -0.1) is 11.3 Å². The number of thiophene rings is 1. The lowest BCUT2D eigenvalue weighted by atomic mass is 10.1. The third-order valence-electron chi connectivity index (χ3n) is 3.76. The molecule has 0 aliphatic carbocycles. The predicted molar refractivity (Wildman–Crippen MR) is 80.3 cm³/mol. The van der Waals surface area contributed by atoms with E-state index < -0.39 is 0 Å². The van der Waals surface area contributed by atoms with Gasteiger partial charge in [0.2, 0.25) is 5.82 Å². The van der Waals surface area contributed by atoms with Gasteiger partial charge in [-0.2, -0.15) is 0 Å². The van der Waals surface area contributed by atoms with E-state index in [1.807, 2.05) is 30.9 Å². The zero-order valence-electron chi connectivity index (χ0n) is 11.9. The minimum atomic E-state index is 0.528. The summed E-state index contributed by atoms with van der Waals surface area (Å²) in [7, 11) is 3.82. The highest BCUT2D eigenvalue weighted by atomic mass is 32.1. The Bertz CT molecular complexity index is 773. The van der Waals surface area contributed by atoms with Crippen LogP contribution in [0.5, 0.6) is 0 Å². The van der Waals surface area contributed by atoms with Crippen molar-refractivity contribution in [3.8, 4) is 10.6 Å². The van der Waals surface area contributed by atoms with Crippen LogP contribution in [-0.2, 0) is 7.05 Å². The summed E-state index contributed by atoms with van der Waals surface area (Å²) >= 11 is 1.68. The van der Waals surface area contributed by atoms with E-state index in [-0.39, 0.29) is 0 Å². The van der Waals surface area contributed by atoms with E-state index in [0.717, 1.165) is 35.1 Å². The number of hydrogen-bond acceptors (Lipinski definition) is 6. The van der Waals surface area contributed by atoms with Crippen LogP contribution in [0.1, 0.15) is 0 Å². The van der Waals surface area contributed by atoms with Crippen LogP contribution in [-0.4, -0.2) is 46.3 Å². The fourth-order valence-electron chi connectivity index (χ4n) is 2.56. The molecule has 0 aromatic carbocycles. The first-order valence-corrected chi connectivity index (χ1v) is 7.72. The number of anilines is 1. The predicted octanol–water partition coefficient (Wildman–Crippen LogP) is 0.0853. The molecule has 8 heteroatoms. The summed E-state index contributed by atoms with van der Waals surface area (Å²) in [5.74, 6) is 0.898. The highest BCUT2D eigenvalue weighted by molar-refractivity contribution is 7.13. The molecule has 1 fully saturated rings. The number of hydrogen-bond donors (Lipinski definition) is 1. The first-order chi connectivity index (χ1) is 10.3. The lowest BCUT2D eigenvalue weighted by molar-refractivity contribution is -0.572. The van der Waals surface area contributed by atoms with Gasteiger partial charge in [0.15, 0.2) is 5.69 Å². The molecule has 3 aromatic rings. The van der Waals surface area contributed by atoms with Gasteiger partial charge in [-0.3, -0.25) is 0 Å². The summed E-state index contributed by atoms with van der Waals surface area (Å²) in [5, 5.41) is 14.3. The molecule has 0 atom stereocenters. The number of likely N-dealkylation sites (N-methyl/N-ethyl adjacent to an activating group) is 1. The number of nitrogens with zero attached hydrogens (tertiary/aromatic N) is 6. The van der Waals surface area contributed by atoms with Gasteiger partial charge in [-0.05, 0) is 23.3 Å². The number of tetrazole rings is 1. The zero-order chi connectivity index (χ0) is 14.4. The molecular weight excluding hydrogens is 286 g/mol. The Balaban J connectivity index is 1.82. The lowest BCUT2D eigenvalue weighted by Crippen LogP contribution is -2.57. The van der Waals surface area contributed by atoms with Crippen LogP contribution >= 0.6 is 11.3 Å². The van der Waals surface area contributed by atoms with Crippen LogP contribution in [0, 0.1) is 0 Å². The minimum Gasteiger partial charge on any atom is -0.348 e. The second-order valence-corrected chi connectivity index (χ2v) is 6.10. The van der Waals surface area contributed by atoms with Crippen LogP contribution in [0.15, 0.2) is 23.7 Å². The number of rotatable bonds is 3. The number of nitrogens with one attached hydrogen (secondary N) is 1. The van der Waals surface area contributed by atoms with Crippen molar-refractivity contribution in [3.63, 3.8) is 0 Å². The molecular formula is C13H16N7S+. The highest BCUT2D eigenvalue weighted by Gasteiger charge is 2.32. The maximum atomic E-state index is 4.64. The smallest absolute Gasteiger partial charge is 0.348 e. The van der Waals surface area contributed by atoms with Gasteiger partial charge in [-0.25, -0.2) is 4.98 Å². The molecule has 1 aliphatic rings. The molecule has 21 heavy (non-hydrogen) atoms. The van der Waals surface area contributed by atoms with E-state index in [9.17, 15) is 0 Å². The fraction of sp³-hybridized carbons (Fsp3) is 0.385. The van der Waals surface area contributed by atoms with Crippen molar-refractivity contribution in [2.24, 2.45) is 7.05 Å². The molecule has 4 rings (SSSR count). The Labute approximate surface area is 125 Å². The van der Waals surface area contributed by atoms with Crippen molar-refractivity contribution in [1.29, 1.82) is 0 Å². The van der Waals surface area contributed by atoms with Crippen LogP contribution in [0.2, 0.25) is 0 Å². The third kappa shape index (κ3) is 1.98. The average Bonchev–Trinajstić information content (AvgIpc) is 3.05. The van der Waals surface area contributed by atoms with E-state index in [1.165, 1.54) is 0 Å². The van der Waals surface area contributed by atoms with Gasteiger partial charge >= 0.3 is 5.65 Å². The van der Waals surface area contributed by atoms with Crippen molar-refractivity contribution in [2.75, 3.05) is 25.0 Å². The summed E-state index contributed by atoms with van der Waals surface area (Å²) in [6, 6.07) is 4.63. The minimum absolute atomic E-state index is 0.528. The standard InChI is InChI=1S/C13H16N7S/c1-14-9-7-19(8-9)12-13-16-18(2)17-20(13)10(6-15-12)11-4-3-5-21-11/h3-6,9,14H,7-8H2,1-2H3/q+1. The van der Waals surface area contributed by atoms with Crippen molar-refractivity contribution in [1.82, 2.24) is 25.4 Å². The van der Waals surface area contributed by atoms with Crippen molar-refractivity contribution in [3.05, 3.63) is 23.7 Å². The van der Waals surface area contributed by atoms with Crippen molar-refractivity contribution < 1.29 is 4.52 Å². The molecule has 0 saturated carbocycles. The van der Waals surface area contributed by atoms with Crippen molar-refractivity contribution in [2.45, 2.75) is 6.04 Å². The summed E-state index contributed by atoms with van der Waals surface area (Å²) in [6.45, 7) is 1.90. The van der Waals surface area contributed by atoms with E-state index in [2.05, 4.69) is 37.0 Å². The molecule has 0 amide bonds. The van der Waals surface area contributed by atoms with Gasteiger partial charge in [-0.1, -0.05) is 10.6 Å². The second-order valence-electron chi connectivity index (χ2n) is 5.15.